The molecular formula is C13H11N3O5S. The van der Waals surface area contributed by atoms with Crippen molar-refractivity contribution in [3.63, 3.8) is 0 Å². The van der Waals surface area contributed by atoms with Crippen LogP contribution >= 0.6 is 11.8 Å². The van der Waals surface area contributed by atoms with Gasteiger partial charge in [-0.3, -0.25) is 9.59 Å². The van der Waals surface area contributed by atoms with Crippen LogP contribution in [0.4, 0.5) is 0 Å². The molecular weight excluding hydrogens is 310 g/mol. The predicted octanol–water partition coefficient (Wildman–Crippen LogP) is 0.811. The Morgan fingerprint density at radius 1 is 1.45 bits per heavy atom. The van der Waals surface area contributed by atoms with Gasteiger partial charge in [-0.05, 0) is 23.8 Å². The molecule has 0 bridgehead atoms. The van der Waals surface area contributed by atoms with E-state index >= 15 is 0 Å². The van der Waals surface area contributed by atoms with E-state index in [1.54, 1.807) is 18.2 Å². The van der Waals surface area contributed by atoms with E-state index in [0.717, 1.165) is 17.3 Å². The first kappa shape index (κ1) is 14.4. The number of amides is 1. The van der Waals surface area contributed by atoms with Crippen LogP contribution in [0.25, 0.3) is 0 Å². The number of carboxylic acids is 1. The van der Waals surface area contributed by atoms with Gasteiger partial charge in [-0.2, -0.15) is 5.10 Å². The molecule has 2 aliphatic heterocycles. The molecule has 0 saturated carbocycles. The summed E-state index contributed by atoms with van der Waals surface area (Å²) in [6, 6.07) is 5.33. The van der Waals surface area contributed by atoms with Gasteiger partial charge in [0.15, 0.2) is 16.7 Å². The molecule has 9 heteroatoms. The standard InChI is InChI=1S/C13H11N3O5S/c17-11(18)4-10-12(19)15-13(22-10)16-14-5-7-1-2-8-9(3-7)21-6-20-8/h1-3,5,10H,4,6H2,(H,17,18)(H,15,16,19)/b14-5-/t10-/m1/s1. The first-order chi connectivity index (χ1) is 10.6. The van der Waals surface area contributed by atoms with E-state index in [-0.39, 0.29) is 24.3 Å². The van der Waals surface area contributed by atoms with Gasteiger partial charge >= 0.3 is 5.97 Å². The second-order valence-electron chi connectivity index (χ2n) is 4.46. The summed E-state index contributed by atoms with van der Waals surface area (Å²) >= 11 is 1.05. The van der Waals surface area contributed by atoms with Crippen molar-refractivity contribution >= 4 is 35.0 Å². The molecule has 1 aromatic carbocycles. The van der Waals surface area contributed by atoms with Crippen LogP contribution in [0.3, 0.4) is 0 Å². The number of nitrogens with zero attached hydrogens (tertiary/aromatic N) is 2. The van der Waals surface area contributed by atoms with Crippen molar-refractivity contribution in [1.82, 2.24) is 5.32 Å². The van der Waals surface area contributed by atoms with Crippen LogP contribution in [0.15, 0.2) is 28.4 Å². The van der Waals surface area contributed by atoms with E-state index in [9.17, 15) is 9.59 Å². The molecule has 3 rings (SSSR count). The molecule has 1 fully saturated rings. The van der Waals surface area contributed by atoms with E-state index in [1.165, 1.54) is 6.21 Å². The smallest absolute Gasteiger partial charge is 0.305 e. The normalized spacial score (nSPS) is 21.5. The fourth-order valence-electron chi connectivity index (χ4n) is 1.89. The third-order valence-electron chi connectivity index (χ3n) is 2.89. The zero-order chi connectivity index (χ0) is 15.5. The average Bonchev–Trinajstić information content (AvgIpc) is 3.05. The van der Waals surface area contributed by atoms with Crippen molar-refractivity contribution in [3.8, 4) is 11.5 Å². The summed E-state index contributed by atoms with van der Waals surface area (Å²) in [7, 11) is 0. The van der Waals surface area contributed by atoms with E-state index in [4.69, 9.17) is 14.6 Å². The Morgan fingerprint density at radius 2 is 2.27 bits per heavy atom. The number of hydrogen-bond donors (Lipinski definition) is 2. The van der Waals surface area contributed by atoms with Gasteiger partial charge in [0.25, 0.3) is 0 Å². The number of nitrogens with one attached hydrogen (secondary N) is 1. The van der Waals surface area contributed by atoms with Crippen molar-refractivity contribution in [3.05, 3.63) is 23.8 Å². The first-order valence-electron chi connectivity index (χ1n) is 6.32. The van der Waals surface area contributed by atoms with Gasteiger partial charge in [-0.15, -0.1) is 5.10 Å². The Labute approximate surface area is 129 Å². The second-order valence-corrected chi connectivity index (χ2v) is 5.65. The van der Waals surface area contributed by atoms with E-state index < -0.39 is 11.2 Å². The van der Waals surface area contributed by atoms with Gasteiger partial charge in [0, 0.05) is 0 Å². The topological polar surface area (TPSA) is 110 Å². The van der Waals surface area contributed by atoms with Gasteiger partial charge in [0.2, 0.25) is 12.7 Å². The van der Waals surface area contributed by atoms with Gasteiger partial charge in [-0.1, -0.05) is 11.8 Å². The lowest BCUT2D eigenvalue weighted by Crippen LogP contribution is -2.26. The molecule has 1 aromatic rings. The van der Waals surface area contributed by atoms with E-state index in [1.807, 2.05) is 0 Å². The van der Waals surface area contributed by atoms with Crippen LogP contribution in [-0.4, -0.2) is 40.4 Å². The third-order valence-corrected chi connectivity index (χ3v) is 3.96. The summed E-state index contributed by atoms with van der Waals surface area (Å²) < 4.78 is 10.4. The fraction of sp³-hybridized carbons (Fsp3) is 0.231. The number of fused-ring (bicyclic) bond motifs is 1. The second kappa shape index (κ2) is 6.06. The van der Waals surface area contributed by atoms with Crippen LogP contribution < -0.4 is 14.8 Å². The Kier molecular flexibility index (Phi) is 3.96. The van der Waals surface area contributed by atoms with Crippen LogP contribution in [0, 0.1) is 0 Å². The van der Waals surface area contributed by atoms with Gasteiger partial charge in [-0.25, -0.2) is 0 Å². The lowest BCUT2D eigenvalue weighted by atomic mass is 10.2. The number of carboxylic acid groups (broad SMARTS) is 1. The Balaban J connectivity index is 1.64. The number of aliphatic carboxylic acids is 1. The summed E-state index contributed by atoms with van der Waals surface area (Å²) in [4.78, 5) is 22.1. The lowest BCUT2D eigenvalue weighted by Gasteiger charge is -1.98. The molecule has 2 heterocycles. The average molecular weight is 321 g/mol. The minimum Gasteiger partial charge on any atom is -0.481 e. The molecule has 0 aliphatic carbocycles. The predicted molar refractivity (Wildman–Crippen MR) is 79.4 cm³/mol. The number of amidine groups is 1. The molecule has 0 aromatic heterocycles. The summed E-state index contributed by atoms with van der Waals surface area (Å²) in [6.45, 7) is 0.200. The minimum atomic E-state index is -1.03. The monoisotopic (exact) mass is 321 g/mol. The SMILES string of the molecule is O=C(O)C[C@H]1S/C(=N/N=C\c2ccc3c(c2)OCO3)NC1=O. The van der Waals surface area contributed by atoms with Crippen molar-refractivity contribution < 1.29 is 24.2 Å². The Hall–Kier alpha value is -2.55. The molecule has 1 atom stereocenters. The molecule has 8 nitrogen and oxygen atoms in total. The zero-order valence-electron chi connectivity index (χ0n) is 11.2. The molecule has 2 aliphatic rings. The van der Waals surface area contributed by atoms with Gasteiger partial charge in [0.05, 0.1) is 12.6 Å². The third kappa shape index (κ3) is 3.19. The Morgan fingerprint density at radius 3 is 3.09 bits per heavy atom. The maximum Gasteiger partial charge on any atom is 0.305 e. The quantitative estimate of drug-likeness (QED) is 0.627. The molecule has 0 radical (unpaired) electrons. The number of hydrogen-bond acceptors (Lipinski definition) is 7. The molecule has 22 heavy (non-hydrogen) atoms. The number of benzene rings is 1. The van der Waals surface area contributed by atoms with Crippen LogP contribution in [0.1, 0.15) is 12.0 Å². The molecule has 0 spiro atoms. The van der Waals surface area contributed by atoms with Gasteiger partial charge in [0.1, 0.15) is 5.25 Å². The van der Waals surface area contributed by atoms with Crippen molar-refractivity contribution in [2.24, 2.45) is 10.2 Å². The highest BCUT2D eigenvalue weighted by Gasteiger charge is 2.32. The lowest BCUT2D eigenvalue weighted by molar-refractivity contribution is -0.138. The number of rotatable bonds is 4. The van der Waals surface area contributed by atoms with E-state index in [2.05, 4.69) is 15.5 Å². The largest absolute Gasteiger partial charge is 0.481 e. The molecule has 2 N–H and O–H groups in total. The fourth-order valence-corrected chi connectivity index (χ4v) is 2.80. The molecule has 1 saturated heterocycles. The number of carbonyl (C=O) groups excluding carboxylic acids is 1. The number of carbonyl (C=O) groups is 2. The van der Waals surface area contributed by atoms with Crippen molar-refractivity contribution in [2.75, 3.05) is 6.79 Å². The minimum absolute atomic E-state index is 0.200. The highest BCUT2D eigenvalue weighted by Crippen LogP contribution is 2.32. The highest BCUT2D eigenvalue weighted by atomic mass is 32.2. The first-order valence-corrected chi connectivity index (χ1v) is 7.20. The summed E-state index contributed by atoms with van der Waals surface area (Å²) in [5, 5.41) is 18.6. The molecule has 1 amide bonds. The Bertz CT molecular complexity index is 688. The van der Waals surface area contributed by atoms with Crippen LogP contribution in [0.2, 0.25) is 0 Å². The molecule has 0 unspecified atom stereocenters. The maximum absolute atomic E-state index is 11.5. The molecule has 114 valence electrons. The van der Waals surface area contributed by atoms with Crippen LogP contribution in [0.5, 0.6) is 11.5 Å². The zero-order valence-corrected chi connectivity index (χ0v) is 12.0. The number of ether oxygens (including phenoxy) is 2. The highest BCUT2D eigenvalue weighted by molar-refractivity contribution is 8.15. The number of thioether (sulfide) groups is 1. The summed E-state index contributed by atoms with van der Waals surface area (Å²) in [5.74, 6) is -0.0811. The summed E-state index contributed by atoms with van der Waals surface area (Å²) in [5.41, 5.74) is 0.769. The van der Waals surface area contributed by atoms with Gasteiger partial charge < -0.3 is 19.9 Å². The van der Waals surface area contributed by atoms with E-state index in [0.29, 0.717) is 11.5 Å². The maximum atomic E-state index is 11.5. The summed E-state index contributed by atoms with van der Waals surface area (Å²) in [6.07, 6.45) is 1.26. The van der Waals surface area contributed by atoms with Crippen molar-refractivity contribution in [2.45, 2.75) is 11.7 Å². The van der Waals surface area contributed by atoms with Crippen LogP contribution in [-0.2, 0) is 9.59 Å². The van der Waals surface area contributed by atoms with Crippen molar-refractivity contribution in [1.29, 1.82) is 0 Å².